The fraction of sp³-hybridized carbons (Fsp3) is 0.833. The molecule has 0 saturated heterocycles. The summed E-state index contributed by atoms with van der Waals surface area (Å²) >= 11 is 0. The van der Waals surface area contributed by atoms with Crippen LogP contribution in [0.1, 0.15) is 51.3 Å². The molecule has 0 fully saturated rings. The molecule has 2 N–H and O–H groups in total. The van der Waals surface area contributed by atoms with E-state index in [0.717, 1.165) is 0 Å². The van der Waals surface area contributed by atoms with Crippen LogP contribution >= 0.6 is 0 Å². The third-order valence-electron chi connectivity index (χ3n) is 2.04. The highest BCUT2D eigenvalue weighted by Gasteiger charge is 2.30. The van der Waals surface area contributed by atoms with E-state index in [0.29, 0.717) is 0 Å². The minimum atomic E-state index is -0.463. The summed E-state index contributed by atoms with van der Waals surface area (Å²) in [5, 5.41) is 5.49. The van der Waals surface area contributed by atoms with E-state index >= 15 is 0 Å². The van der Waals surface area contributed by atoms with Crippen molar-refractivity contribution in [1.82, 2.24) is 10.6 Å². The summed E-state index contributed by atoms with van der Waals surface area (Å²) in [6, 6.07) is -0.766. The molecule has 0 aromatic heterocycles. The molecule has 0 heterocycles. The Morgan fingerprint density at radius 2 is 1.50 bits per heavy atom. The Morgan fingerprint density at radius 1 is 1.06 bits per heavy atom. The van der Waals surface area contributed by atoms with Gasteiger partial charge in [-0.25, -0.2) is 4.79 Å². The first-order valence-corrected chi connectivity index (χ1v) is 5.52. The molecule has 0 aromatic carbocycles. The van der Waals surface area contributed by atoms with E-state index in [9.17, 15) is 9.59 Å². The van der Waals surface area contributed by atoms with Gasteiger partial charge in [0, 0.05) is 8.39 Å². The maximum Gasteiger partial charge on any atom is 0.315 e. The Morgan fingerprint density at radius 3 is 1.75 bits per heavy atom. The number of rotatable bonds is 2. The van der Waals surface area contributed by atoms with Gasteiger partial charge in [-0.2, -0.15) is 0 Å². The van der Waals surface area contributed by atoms with Crippen molar-refractivity contribution in [2.75, 3.05) is 0 Å². The second-order valence-corrected chi connectivity index (χ2v) is 6.26. The maximum atomic E-state index is 11.6. The minimum absolute atomic E-state index is 0. The Bertz CT molecular complexity index is 281. The molecule has 0 aliphatic carbocycles. The SMILES string of the molecule is CC(=O)C(NC(=O)NC(C)(C)C)C(C)(C)C.[HH].[HH]. The predicted molar refractivity (Wildman–Crippen MR) is 69.6 cm³/mol. The molecule has 0 radical (unpaired) electrons. The van der Waals surface area contributed by atoms with Gasteiger partial charge in [-0.3, -0.25) is 4.79 Å². The van der Waals surface area contributed by atoms with Crippen LogP contribution in [0.3, 0.4) is 0 Å². The number of Topliss-reactive ketones (excluding diaryl/α,β-unsaturated/α-hetero) is 1. The smallest absolute Gasteiger partial charge is 0.315 e. The Hall–Kier alpha value is -1.06. The van der Waals surface area contributed by atoms with Gasteiger partial charge in [-0.05, 0) is 33.1 Å². The van der Waals surface area contributed by atoms with Crippen molar-refractivity contribution < 1.29 is 12.4 Å². The lowest BCUT2D eigenvalue weighted by molar-refractivity contribution is -0.121. The summed E-state index contributed by atoms with van der Waals surface area (Å²) < 4.78 is 0. The maximum absolute atomic E-state index is 11.6. The van der Waals surface area contributed by atoms with Gasteiger partial charge in [-0.1, -0.05) is 20.8 Å². The van der Waals surface area contributed by atoms with Gasteiger partial charge in [0.1, 0.15) is 0 Å². The monoisotopic (exact) mass is 232 g/mol. The Balaban J connectivity index is -0.00000112. The van der Waals surface area contributed by atoms with Crippen molar-refractivity contribution in [1.29, 1.82) is 0 Å². The number of ketones is 1. The van der Waals surface area contributed by atoms with Crippen LogP contribution in [0.4, 0.5) is 4.79 Å². The molecular formula is C12H28N2O2. The molecule has 1 unspecified atom stereocenters. The molecule has 1 atom stereocenters. The van der Waals surface area contributed by atoms with Crippen LogP contribution in [0.25, 0.3) is 0 Å². The van der Waals surface area contributed by atoms with E-state index in [4.69, 9.17) is 0 Å². The molecule has 0 aliphatic rings. The molecule has 0 aromatic rings. The summed E-state index contributed by atoms with van der Waals surface area (Å²) in [5.74, 6) is -0.0310. The van der Waals surface area contributed by atoms with Gasteiger partial charge < -0.3 is 10.6 Å². The number of amides is 2. The average molecular weight is 232 g/mol. The molecule has 4 heteroatoms. The largest absolute Gasteiger partial charge is 0.334 e. The minimum Gasteiger partial charge on any atom is -0.334 e. The zero-order chi connectivity index (χ0) is 13.1. The first-order chi connectivity index (χ1) is 6.93. The van der Waals surface area contributed by atoms with Crippen LogP contribution in [0.5, 0.6) is 0 Å². The third-order valence-corrected chi connectivity index (χ3v) is 2.04. The molecular weight excluding hydrogens is 204 g/mol. The normalized spacial score (nSPS) is 14.2. The zero-order valence-corrected chi connectivity index (χ0v) is 11.4. The lowest BCUT2D eigenvalue weighted by atomic mass is 9.84. The van der Waals surface area contributed by atoms with E-state index in [-0.39, 0.29) is 25.6 Å². The molecule has 0 spiro atoms. The number of urea groups is 1. The van der Waals surface area contributed by atoms with Crippen LogP contribution < -0.4 is 10.6 Å². The second-order valence-electron chi connectivity index (χ2n) is 6.26. The van der Waals surface area contributed by atoms with Gasteiger partial charge in [0.05, 0.1) is 6.04 Å². The van der Waals surface area contributed by atoms with Gasteiger partial charge in [0.2, 0.25) is 0 Å². The lowest BCUT2D eigenvalue weighted by Crippen LogP contribution is -2.55. The molecule has 98 valence electrons. The molecule has 4 nitrogen and oxygen atoms in total. The molecule has 2 amide bonds. The first-order valence-electron chi connectivity index (χ1n) is 5.52. The second kappa shape index (κ2) is 4.85. The van der Waals surface area contributed by atoms with Gasteiger partial charge in [0.15, 0.2) is 5.78 Å². The topological polar surface area (TPSA) is 58.2 Å². The zero-order valence-electron chi connectivity index (χ0n) is 11.4. The van der Waals surface area contributed by atoms with Crippen LogP contribution in [-0.2, 0) is 4.79 Å². The summed E-state index contributed by atoms with van der Waals surface area (Å²) in [5.41, 5.74) is -0.579. The highest BCUT2D eigenvalue weighted by molar-refractivity contribution is 5.87. The number of carbonyl (C=O) groups is 2. The highest BCUT2D eigenvalue weighted by Crippen LogP contribution is 2.19. The number of nitrogens with one attached hydrogen (secondary N) is 2. The predicted octanol–water partition coefficient (Wildman–Crippen LogP) is 2.58. The average Bonchev–Trinajstić information content (AvgIpc) is 1.93. The molecule has 0 saturated carbocycles. The first kappa shape index (κ1) is 14.9. The molecule has 0 rings (SSSR count). The number of hydrogen-bond acceptors (Lipinski definition) is 2. The van der Waals surface area contributed by atoms with Crippen molar-refractivity contribution in [3.63, 3.8) is 0 Å². The Kier molecular flexibility index (Phi) is 4.53. The summed E-state index contributed by atoms with van der Waals surface area (Å²) in [7, 11) is 0. The molecule has 16 heavy (non-hydrogen) atoms. The van der Waals surface area contributed by atoms with Crippen molar-refractivity contribution in [2.45, 2.75) is 60.0 Å². The fourth-order valence-electron chi connectivity index (χ4n) is 1.44. The summed E-state index contributed by atoms with van der Waals surface area (Å²) in [6.45, 7) is 13.0. The van der Waals surface area contributed by atoms with Crippen LogP contribution in [0, 0.1) is 5.41 Å². The Labute approximate surface area is 101 Å². The molecule has 0 bridgehead atoms. The molecule has 0 aliphatic heterocycles. The van der Waals surface area contributed by atoms with Gasteiger partial charge >= 0.3 is 6.03 Å². The third kappa shape index (κ3) is 5.73. The standard InChI is InChI=1S/C12H24N2O2.2H2/c1-8(15)9(11(2,3)4)13-10(16)14-12(5,6)7;;/h9H,1-7H3,(H2,13,14,16);2*1H. The highest BCUT2D eigenvalue weighted by atomic mass is 16.2. The van der Waals surface area contributed by atoms with E-state index in [1.165, 1.54) is 6.92 Å². The van der Waals surface area contributed by atoms with Gasteiger partial charge in [0.25, 0.3) is 0 Å². The van der Waals surface area contributed by atoms with Crippen molar-refractivity contribution in [2.24, 2.45) is 5.41 Å². The van der Waals surface area contributed by atoms with Crippen molar-refractivity contribution >= 4 is 11.8 Å². The fourth-order valence-corrected chi connectivity index (χ4v) is 1.44. The van der Waals surface area contributed by atoms with E-state index in [2.05, 4.69) is 10.6 Å². The van der Waals surface area contributed by atoms with Crippen LogP contribution in [0.2, 0.25) is 0 Å². The van der Waals surface area contributed by atoms with Gasteiger partial charge in [-0.15, -0.1) is 0 Å². The quantitative estimate of drug-likeness (QED) is 0.768. The summed E-state index contributed by atoms with van der Waals surface area (Å²) in [4.78, 5) is 23.1. The van der Waals surface area contributed by atoms with E-state index in [1.807, 2.05) is 41.5 Å². The summed E-state index contributed by atoms with van der Waals surface area (Å²) in [6.07, 6.45) is 0. The number of hydrogen-bond donors (Lipinski definition) is 2. The van der Waals surface area contributed by atoms with Crippen molar-refractivity contribution in [3.8, 4) is 0 Å². The van der Waals surface area contributed by atoms with Crippen LogP contribution in [-0.4, -0.2) is 23.4 Å². The van der Waals surface area contributed by atoms with Crippen LogP contribution in [0.15, 0.2) is 0 Å². The van der Waals surface area contributed by atoms with E-state index < -0.39 is 6.04 Å². The van der Waals surface area contributed by atoms with E-state index in [1.54, 1.807) is 0 Å². The lowest BCUT2D eigenvalue weighted by Gasteiger charge is -2.31. The number of carbonyl (C=O) groups excluding carboxylic acids is 2. The van der Waals surface area contributed by atoms with Crippen molar-refractivity contribution in [3.05, 3.63) is 0 Å².